The van der Waals surface area contributed by atoms with E-state index < -0.39 is 11.2 Å². The fourth-order valence-corrected chi connectivity index (χ4v) is 2.35. The highest BCUT2D eigenvalue weighted by atomic mass is 32.1. The van der Waals surface area contributed by atoms with Gasteiger partial charge in [-0.05, 0) is 6.92 Å². The standard InChI is InChI=1S/C12H14N4O3S/c1-7-6-20-10(15-7)5-13-9(17)3-8-4-14-12(19)16(2)11(8)18/h4,6H,3,5H2,1-2H3,(H,13,17)(H,14,19). The van der Waals surface area contributed by atoms with Gasteiger partial charge < -0.3 is 10.3 Å². The van der Waals surface area contributed by atoms with Gasteiger partial charge in [0.2, 0.25) is 5.91 Å². The lowest BCUT2D eigenvalue weighted by molar-refractivity contribution is -0.120. The summed E-state index contributed by atoms with van der Waals surface area (Å²) in [5.74, 6) is -0.290. The minimum Gasteiger partial charge on any atom is -0.349 e. The fourth-order valence-electron chi connectivity index (χ4n) is 1.64. The summed E-state index contributed by atoms with van der Waals surface area (Å²) in [4.78, 5) is 41.3. The number of thiazole rings is 1. The fraction of sp³-hybridized carbons (Fsp3) is 0.333. The van der Waals surface area contributed by atoms with Crippen molar-refractivity contribution in [2.45, 2.75) is 19.9 Å². The average Bonchev–Trinajstić information content (AvgIpc) is 2.83. The monoisotopic (exact) mass is 294 g/mol. The van der Waals surface area contributed by atoms with E-state index in [1.807, 2.05) is 12.3 Å². The Bertz CT molecular complexity index is 744. The van der Waals surface area contributed by atoms with Gasteiger partial charge in [0.15, 0.2) is 0 Å². The first kappa shape index (κ1) is 14.2. The molecule has 0 unspecified atom stereocenters. The molecule has 1 amide bonds. The molecule has 0 aliphatic rings. The molecule has 106 valence electrons. The second kappa shape index (κ2) is 5.83. The molecule has 8 heteroatoms. The van der Waals surface area contributed by atoms with E-state index in [0.29, 0.717) is 6.54 Å². The van der Waals surface area contributed by atoms with Crippen molar-refractivity contribution >= 4 is 17.2 Å². The van der Waals surface area contributed by atoms with Crippen LogP contribution in [0.4, 0.5) is 0 Å². The molecular weight excluding hydrogens is 280 g/mol. The lowest BCUT2D eigenvalue weighted by Crippen LogP contribution is -2.36. The van der Waals surface area contributed by atoms with Crippen molar-refractivity contribution in [2.75, 3.05) is 0 Å². The number of nitrogens with zero attached hydrogens (tertiary/aromatic N) is 2. The van der Waals surface area contributed by atoms with E-state index in [1.54, 1.807) is 0 Å². The lowest BCUT2D eigenvalue weighted by Gasteiger charge is -2.04. The van der Waals surface area contributed by atoms with Gasteiger partial charge in [-0.2, -0.15) is 0 Å². The van der Waals surface area contributed by atoms with E-state index in [0.717, 1.165) is 15.3 Å². The number of hydrogen-bond acceptors (Lipinski definition) is 5. The Morgan fingerprint density at radius 3 is 2.90 bits per heavy atom. The van der Waals surface area contributed by atoms with Crippen LogP contribution in [0.1, 0.15) is 16.3 Å². The highest BCUT2D eigenvalue weighted by Crippen LogP contribution is 2.07. The number of H-pyrrole nitrogens is 1. The zero-order valence-corrected chi connectivity index (χ0v) is 11.9. The highest BCUT2D eigenvalue weighted by molar-refractivity contribution is 7.09. The minimum atomic E-state index is -0.502. The van der Waals surface area contributed by atoms with Crippen molar-refractivity contribution < 1.29 is 4.79 Å². The Hall–Kier alpha value is -2.22. The van der Waals surface area contributed by atoms with Crippen molar-refractivity contribution in [2.24, 2.45) is 7.05 Å². The maximum Gasteiger partial charge on any atom is 0.328 e. The summed E-state index contributed by atoms with van der Waals surface area (Å²) >= 11 is 1.47. The summed E-state index contributed by atoms with van der Waals surface area (Å²) in [6.07, 6.45) is 1.20. The Balaban J connectivity index is 2.00. The van der Waals surface area contributed by atoms with E-state index in [9.17, 15) is 14.4 Å². The molecule has 0 aliphatic heterocycles. The summed E-state index contributed by atoms with van der Waals surface area (Å²) in [5, 5.41) is 5.40. The lowest BCUT2D eigenvalue weighted by atomic mass is 10.2. The number of aromatic amines is 1. The molecule has 0 fully saturated rings. The van der Waals surface area contributed by atoms with Gasteiger partial charge in [0.05, 0.1) is 13.0 Å². The number of carbonyl (C=O) groups excluding carboxylic acids is 1. The number of aromatic nitrogens is 3. The van der Waals surface area contributed by atoms with Crippen LogP contribution in [0.3, 0.4) is 0 Å². The number of amides is 1. The predicted molar refractivity (Wildman–Crippen MR) is 74.7 cm³/mol. The molecule has 0 saturated heterocycles. The van der Waals surface area contributed by atoms with Gasteiger partial charge in [-0.15, -0.1) is 11.3 Å². The van der Waals surface area contributed by atoms with Crippen molar-refractivity contribution in [3.8, 4) is 0 Å². The van der Waals surface area contributed by atoms with E-state index in [-0.39, 0.29) is 17.9 Å². The quantitative estimate of drug-likeness (QED) is 0.809. The van der Waals surface area contributed by atoms with Crippen LogP contribution in [0, 0.1) is 6.92 Å². The van der Waals surface area contributed by atoms with Gasteiger partial charge >= 0.3 is 5.69 Å². The van der Waals surface area contributed by atoms with Gasteiger partial charge in [0.25, 0.3) is 5.56 Å². The van der Waals surface area contributed by atoms with E-state index in [4.69, 9.17) is 0 Å². The van der Waals surface area contributed by atoms with E-state index in [1.165, 1.54) is 24.6 Å². The third kappa shape index (κ3) is 3.21. The largest absolute Gasteiger partial charge is 0.349 e. The molecule has 20 heavy (non-hydrogen) atoms. The van der Waals surface area contributed by atoms with Gasteiger partial charge in [-0.3, -0.25) is 14.2 Å². The summed E-state index contributed by atoms with van der Waals surface area (Å²) < 4.78 is 0.937. The SMILES string of the molecule is Cc1csc(CNC(=O)Cc2c[nH]c(=O)n(C)c2=O)n1. The Kier molecular flexibility index (Phi) is 4.14. The normalized spacial score (nSPS) is 10.5. The molecule has 0 aromatic carbocycles. The molecule has 2 heterocycles. The molecule has 2 aromatic rings. The number of hydrogen-bond donors (Lipinski definition) is 2. The molecule has 0 spiro atoms. The average molecular weight is 294 g/mol. The van der Waals surface area contributed by atoms with E-state index in [2.05, 4.69) is 15.3 Å². The number of nitrogens with one attached hydrogen (secondary N) is 2. The predicted octanol–water partition coefficient (Wildman–Crippen LogP) is -0.303. The van der Waals surface area contributed by atoms with Crippen molar-refractivity contribution in [1.29, 1.82) is 0 Å². The van der Waals surface area contributed by atoms with Gasteiger partial charge in [-0.25, -0.2) is 9.78 Å². The molecule has 2 rings (SSSR count). The molecule has 0 bridgehead atoms. The first-order valence-electron chi connectivity index (χ1n) is 5.92. The molecule has 0 radical (unpaired) electrons. The molecule has 0 atom stereocenters. The van der Waals surface area contributed by atoms with Crippen molar-refractivity contribution in [3.63, 3.8) is 0 Å². The molecule has 0 saturated carbocycles. The molecule has 7 nitrogen and oxygen atoms in total. The summed E-state index contributed by atoms with van der Waals surface area (Å²) in [6, 6.07) is 0. The Labute approximate surface area is 118 Å². The second-order valence-corrected chi connectivity index (χ2v) is 5.26. The second-order valence-electron chi connectivity index (χ2n) is 4.32. The van der Waals surface area contributed by atoms with Crippen LogP contribution in [-0.2, 0) is 24.8 Å². The van der Waals surface area contributed by atoms with Crippen LogP contribution in [0.15, 0.2) is 21.2 Å². The first-order chi connectivity index (χ1) is 9.47. The number of aryl methyl sites for hydroxylation is 1. The summed E-state index contributed by atoms with van der Waals surface area (Å²) in [5.41, 5.74) is 0.195. The minimum absolute atomic E-state index is 0.0756. The van der Waals surface area contributed by atoms with Crippen LogP contribution in [-0.4, -0.2) is 20.4 Å². The van der Waals surface area contributed by atoms with Crippen LogP contribution in [0.5, 0.6) is 0 Å². The van der Waals surface area contributed by atoms with Crippen LogP contribution < -0.4 is 16.6 Å². The number of rotatable bonds is 4. The Morgan fingerprint density at radius 1 is 1.50 bits per heavy atom. The van der Waals surface area contributed by atoms with Gasteiger partial charge in [0, 0.05) is 29.9 Å². The third-order valence-corrected chi connectivity index (χ3v) is 3.67. The van der Waals surface area contributed by atoms with Crippen LogP contribution in [0.25, 0.3) is 0 Å². The third-order valence-electron chi connectivity index (χ3n) is 2.71. The molecule has 2 N–H and O–H groups in total. The zero-order chi connectivity index (χ0) is 14.7. The highest BCUT2D eigenvalue weighted by Gasteiger charge is 2.10. The zero-order valence-electron chi connectivity index (χ0n) is 11.1. The summed E-state index contributed by atoms with van der Waals surface area (Å²) in [6.45, 7) is 2.22. The van der Waals surface area contributed by atoms with Crippen molar-refractivity contribution in [1.82, 2.24) is 19.9 Å². The maximum atomic E-state index is 11.8. The first-order valence-corrected chi connectivity index (χ1v) is 6.80. The smallest absolute Gasteiger partial charge is 0.328 e. The molecule has 0 aliphatic carbocycles. The topological polar surface area (TPSA) is 96.9 Å². The summed E-state index contributed by atoms with van der Waals surface area (Å²) in [7, 11) is 1.36. The molecule has 2 aromatic heterocycles. The van der Waals surface area contributed by atoms with Gasteiger partial charge in [0.1, 0.15) is 5.01 Å². The Morgan fingerprint density at radius 2 is 2.25 bits per heavy atom. The van der Waals surface area contributed by atoms with Crippen LogP contribution >= 0.6 is 11.3 Å². The van der Waals surface area contributed by atoms with Gasteiger partial charge in [-0.1, -0.05) is 0 Å². The van der Waals surface area contributed by atoms with Crippen molar-refractivity contribution in [3.05, 3.63) is 48.7 Å². The van der Waals surface area contributed by atoms with E-state index >= 15 is 0 Å². The van der Waals surface area contributed by atoms with Crippen LogP contribution in [0.2, 0.25) is 0 Å². The molecular formula is C12H14N4O3S. The maximum absolute atomic E-state index is 11.8. The number of carbonyl (C=O) groups is 1.